The van der Waals surface area contributed by atoms with Crippen LogP contribution in [0, 0.1) is 0 Å². The summed E-state index contributed by atoms with van der Waals surface area (Å²) in [6.45, 7) is 4.20. The van der Waals surface area contributed by atoms with Gasteiger partial charge in [0.15, 0.2) is 0 Å². The lowest BCUT2D eigenvalue weighted by atomic mass is 9.97. The third-order valence-corrected chi connectivity index (χ3v) is 3.89. The van der Waals surface area contributed by atoms with Crippen LogP contribution in [-0.4, -0.2) is 55.0 Å². The number of aliphatic hydroxyl groups excluding tert-OH is 1. The number of ether oxygens (including phenoxy) is 1. The molecule has 5 heteroatoms. The summed E-state index contributed by atoms with van der Waals surface area (Å²) < 4.78 is 5.35. The molecule has 1 aromatic carbocycles. The normalized spacial score (nSPS) is 20.1. The summed E-state index contributed by atoms with van der Waals surface area (Å²) >= 11 is 0. The number of nitrogens with one attached hydrogen (secondary N) is 1. The van der Waals surface area contributed by atoms with E-state index in [2.05, 4.69) is 24.4 Å². The molecule has 5 nitrogen and oxygen atoms in total. The van der Waals surface area contributed by atoms with Gasteiger partial charge in [-0.1, -0.05) is 37.3 Å². The fourth-order valence-corrected chi connectivity index (χ4v) is 2.56. The second-order valence-electron chi connectivity index (χ2n) is 5.32. The van der Waals surface area contributed by atoms with Crippen molar-refractivity contribution in [2.45, 2.75) is 25.4 Å². The standard InChI is InChI=1S/C16H24N2O3/c1-2-13(14-6-4-3-5-7-14)10-17-16(20)18-8-9-21-15(11-18)12-19/h3-7,13,15,19H,2,8-12H2,1H3,(H,17,20). The van der Waals surface area contributed by atoms with Crippen LogP contribution in [0.4, 0.5) is 4.79 Å². The predicted molar refractivity (Wildman–Crippen MR) is 81.3 cm³/mol. The highest BCUT2D eigenvalue weighted by molar-refractivity contribution is 5.74. The molecule has 2 N–H and O–H groups in total. The molecule has 2 rings (SSSR count). The molecule has 0 spiro atoms. The fraction of sp³-hybridized carbons (Fsp3) is 0.562. The molecule has 1 aromatic rings. The summed E-state index contributed by atoms with van der Waals surface area (Å²) in [5.74, 6) is 0.324. The molecule has 1 fully saturated rings. The number of carbonyl (C=O) groups is 1. The summed E-state index contributed by atoms with van der Waals surface area (Å²) in [5.41, 5.74) is 1.25. The highest BCUT2D eigenvalue weighted by Gasteiger charge is 2.24. The summed E-state index contributed by atoms with van der Waals surface area (Å²) in [7, 11) is 0. The minimum Gasteiger partial charge on any atom is -0.394 e. The van der Waals surface area contributed by atoms with Crippen molar-refractivity contribution in [3.8, 4) is 0 Å². The van der Waals surface area contributed by atoms with E-state index in [0.29, 0.717) is 32.2 Å². The van der Waals surface area contributed by atoms with Crippen molar-refractivity contribution in [1.29, 1.82) is 0 Å². The molecular formula is C16H24N2O3. The molecule has 1 aliphatic heterocycles. The lowest BCUT2D eigenvalue weighted by molar-refractivity contribution is -0.0402. The number of hydrogen-bond donors (Lipinski definition) is 2. The highest BCUT2D eigenvalue weighted by Crippen LogP contribution is 2.18. The fourth-order valence-electron chi connectivity index (χ4n) is 2.56. The van der Waals surface area contributed by atoms with Crippen molar-refractivity contribution in [2.75, 3.05) is 32.8 Å². The van der Waals surface area contributed by atoms with Gasteiger partial charge in [-0.05, 0) is 12.0 Å². The Morgan fingerprint density at radius 3 is 2.90 bits per heavy atom. The maximum Gasteiger partial charge on any atom is 0.317 e. The SMILES string of the molecule is CCC(CNC(=O)N1CCOC(CO)C1)c1ccccc1. The molecule has 0 aliphatic carbocycles. The van der Waals surface area contributed by atoms with Gasteiger partial charge in [0.05, 0.1) is 25.9 Å². The van der Waals surface area contributed by atoms with E-state index >= 15 is 0 Å². The van der Waals surface area contributed by atoms with Crippen LogP contribution in [0.3, 0.4) is 0 Å². The van der Waals surface area contributed by atoms with Gasteiger partial charge in [-0.15, -0.1) is 0 Å². The monoisotopic (exact) mass is 292 g/mol. The number of hydrogen-bond acceptors (Lipinski definition) is 3. The minimum atomic E-state index is -0.263. The molecule has 2 atom stereocenters. The molecule has 116 valence electrons. The minimum absolute atomic E-state index is 0.0502. The number of amides is 2. The van der Waals surface area contributed by atoms with Gasteiger partial charge in [-0.2, -0.15) is 0 Å². The topological polar surface area (TPSA) is 61.8 Å². The van der Waals surface area contributed by atoms with Gasteiger partial charge in [0, 0.05) is 19.0 Å². The average Bonchev–Trinajstić information content (AvgIpc) is 2.56. The first-order valence-electron chi connectivity index (χ1n) is 7.54. The first-order valence-corrected chi connectivity index (χ1v) is 7.54. The molecule has 21 heavy (non-hydrogen) atoms. The van der Waals surface area contributed by atoms with Crippen molar-refractivity contribution in [1.82, 2.24) is 10.2 Å². The Balaban J connectivity index is 1.85. The summed E-state index contributed by atoms with van der Waals surface area (Å²) in [5, 5.41) is 12.1. The molecule has 1 heterocycles. The number of nitrogens with zero attached hydrogens (tertiary/aromatic N) is 1. The number of urea groups is 1. The molecule has 2 unspecified atom stereocenters. The van der Waals surface area contributed by atoms with Crippen LogP contribution in [0.5, 0.6) is 0 Å². The maximum atomic E-state index is 12.2. The number of benzene rings is 1. The van der Waals surface area contributed by atoms with E-state index < -0.39 is 0 Å². The lowest BCUT2D eigenvalue weighted by Gasteiger charge is -2.32. The predicted octanol–water partition coefficient (Wildman–Crippen LogP) is 1.58. The van der Waals surface area contributed by atoms with Gasteiger partial charge in [0.2, 0.25) is 0 Å². The van der Waals surface area contributed by atoms with Crippen molar-refractivity contribution < 1.29 is 14.6 Å². The van der Waals surface area contributed by atoms with Crippen LogP contribution in [0.2, 0.25) is 0 Å². The Kier molecular flexibility index (Phi) is 6.02. The van der Waals surface area contributed by atoms with Crippen LogP contribution in [0.15, 0.2) is 30.3 Å². The molecular weight excluding hydrogens is 268 g/mol. The van der Waals surface area contributed by atoms with Crippen molar-refractivity contribution >= 4 is 6.03 Å². The van der Waals surface area contributed by atoms with Gasteiger partial charge < -0.3 is 20.1 Å². The third kappa shape index (κ3) is 4.44. The first-order chi connectivity index (χ1) is 10.2. The van der Waals surface area contributed by atoms with Crippen LogP contribution in [0.25, 0.3) is 0 Å². The lowest BCUT2D eigenvalue weighted by Crippen LogP contribution is -2.51. The number of aliphatic hydroxyl groups is 1. The molecule has 2 amide bonds. The zero-order valence-electron chi connectivity index (χ0n) is 12.5. The Labute approximate surface area is 125 Å². The van der Waals surface area contributed by atoms with Crippen LogP contribution >= 0.6 is 0 Å². The van der Waals surface area contributed by atoms with Gasteiger partial charge in [0.25, 0.3) is 0 Å². The quantitative estimate of drug-likeness (QED) is 0.866. The van der Waals surface area contributed by atoms with Crippen LogP contribution in [-0.2, 0) is 4.74 Å². The van der Waals surface area contributed by atoms with Crippen molar-refractivity contribution in [2.24, 2.45) is 0 Å². The Morgan fingerprint density at radius 1 is 1.48 bits per heavy atom. The molecule has 1 saturated heterocycles. The number of rotatable bonds is 5. The second kappa shape index (κ2) is 8.00. The first kappa shape index (κ1) is 15.8. The van der Waals surface area contributed by atoms with E-state index in [9.17, 15) is 4.79 Å². The van der Waals surface area contributed by atoms with Gasteiger partial charge >= 0.3 is 6.03 Å². The molecule has 0 bridgehead atoms. The third-order valence-electron chi connectivity index (χ3n) is 3.89. The van der Waals surface area contributed by atoms with Gasteiger partial charge in [0.1, 0.15) is 0 Å². The summed E-state index contributed by atoms with van der Waals surface area (Å²) in [6, 6.07) is 10.2. The highest BCUT2D eigenvalue weighted by atomic mass is 16.5. The van der Waals surface area contributed by atoms with Crippen LogP contribution in [0.1, 0.15) is 24.8 Å². The zero-order chi connectivity index (χ0) is 15.1. The number of morpholine rings is 1. The summed E-state index contributed by atoms with van der Waals surface area (Å²) in [6.07, 6.45) is 0.716. The van der Waals surface area contributed by atoms with Crippen molar-refractivity contribution in [3.05, 3.63) is 35.9 Å². The largest absolute Gasteiger partial charge is 0.394 e. The van der Waals surface area contributed by atoms with E-state index in [1.165, 1.54) is 5.56 Å². The van der Waals surface area contributed by atoms with Gasteiger partial charge in [-0.25, -0.2) is 4.79 Å². The second-order valence-corrected chi connectivity index (χ2v) is 5.32. The van der Waals surface area contributed by atoms with E-state index in [1.54, 1.807) is 4.90 Å². The molecule has 1 aliphatic rings. The Morgan fingerprint density at radius 2 is 2.24 bits per heavy atom. The average molecular weight is 292 g/mol. The molecule has 0 aromatic heterocycles. The smallest absolute Gasteiger partial charge is 0.317 e. The summed E-state index contributed by atoms with van der Waals surface area (Å²) in [4.78, 5) is 13.9. The van der Waals surface area contributed by atoms with Gasteiger partial charge in [-0.3, -0.25) is 0 Å². The maximum absolute atomic E-state index is 12.2. The van der Waals surface area contributed by atoms with Crippen molar-refractivity contribution in [3.63, 3.8) is 0 Å². The van der Waals surface area contributed by atoms with E-state index in [1.807, 2.05) is 18.2 Å². The molecule has 0 radical (unpaired) electrons. The Bertz CT molecular complexity index is 438. The van der Waals surface area contributed by atoms with Crippen LogP contribution < -0.4 is 5.32 Å². The number of carbonyl (C=O) groups excluding carboxylic acids is 1. The van der Waals surface area contributed by atoms with E-state index in [0.717, 1.165) is 6.42 Å². The van der Waals surface area contributed by atoms with E-state index in [4.69, 9.17) is 9.84 Å². The zero-order valence-corrected chi connectivity index (χ0v) is 12.5. The Hall–Kier alpha value is -1.59. The molecule has 0 saturated carbocycles. The van der Waals surface area contributed by atoms with E-state index in [-0.39, 0.29) is 18.7 Å².